The number of rotatable bonds is 2. The maximum atomic E-state index is 13.2. The van der Waals surface area contributed by atoms with Gasteiger partial charge >= 0.3 is 0 Å². The zero-order valence-corrected chi connectivity index (χ0v) is 7.40. The number of fused-ring (bicyclic) bond motifs is 1. The lowest BCUT2D eigenvalue weighted by Crippen LogP contribution is -2.00. The van der Waals surface area contributed by atoms with E-state index in [9.17, 15) is 4.39 Å². The quantitative estimate of drug-likeness (QED) is 0.726. The van der Waals surface area contributed by atoms with Crippen LogP contribution in [0.25, 0.3) is 10.9 Å². The second kappa shape index (κ2) is 3.32. The van der Waals surface area contributed by atoms with E-state index in [4.69, 9.17) is 11.8 Å². The van der Waals surface area contributed by atoms with Crippen LogP contribution in [0, 0.1) is 5.82 Å². The van der Waals surface area contributed by atoms with Crippen LogP contribution in [-0.2, 0) is 6.54 Å². The fourth-order valence-electron chi connectivity index (χ4n) is 1.22. The van der Waals surface area contributed by atoms with Crippen LogP contribution in [-0.4, -0.2) is 10.2 Å². The van der Waals surface area contributed by atoms with Crippen molar-refractivity contribution in [3.8, 4) is 0 Å². The van der Waals surface area contributed by atoms with Crippen molar-refractivity contribution in [1.82, 2.24) is 15.0 Å². The van der Waals surface area contributed by atoms with Gasteiger partial charge in [-0.3, -0.25) is 5.10 Å². The van der Waals surface area contributed by atoms with E-state index in [2.05, 4.69) is 15.0 Å². The van der Waals surface area contributed by atoms with Gasteiger partial charge < -0.3 is 0 Å². The number of benzene rings is 1. The Balaban J connectivity index is 2.56. The second-order valence-corrected chi connectivity index (χ2v) is 2.98. The molecular formula is C8H7ClFN3. The van der Waals surface area contributed by atoms with Crippen molar-refractivity contribution in [1.29, 1.82) is 0 Å². The average molecular weight is 200 g/mol. The van der Waals surface area contributed by atoms with E-state index in [1.165, 1.54) is 6.07 Å². The Bertz CT molecular complexity index is 426. The average Bonchev–Trinajstić information content (AvgIpc) is 2.52. The molecule has 0 radical (unpaired) electrons. The van der Waals surface area contributed by atoms with Gasteiger partial charge in [0.25, 0.3) is 0 Å². The standard InChI is InChI=1S/C8H7ClFN3/c9-11-3-5-1-6-4-12-13-8(6)2-7(5)10/h1-2,4,11H,3H2,(H,12,13). The molecule has 2 aromatic rings. The van der Waals surface area contributed by atoms with Gasteiger partial charge in [-0.2, -0.15) is 5.10 Å². The van der Waals surface area contributed by atoms with E-state index in [1.54, 1.807) is 12.3 Å². The maximum Gasteiger partial charge on any atom is 0.129 e. The van der Waals surface area contributed by atoms with Crippen LogP contribution in [0.1, 0.15) is 5.56 Å². The van der Waals surface area contributed by atoms with Gasteiger partial charge in [-0.15, -0.1) is 0 Å². The topological polar surface area (TPSA) is 40.7 Å². The molecule has 0 bridgehead atoms. The lowest BCUT2D eigenvalue weighted by molar-refractivity contribution is 0.609. The molecule has 0 unspecified atom stereocenters. The number of halogens is 2. The Morgan fingerprint density at radius 3 is 3.15 bits per heavy atom. The van der Waals surface area contributed by atoms with Crippen LogP contribution in [0.4, 0.5) is 4.39 Å². The molecule has 1 aromatic carbocycles. The Labute approximate surface area is 79.0 Å². The van der Waals surface area contributed by atoms with Crippen molar-refractivity contribution in [2.24, 2.45) is 0 Å². The first-order chi connectivity index (χ1) is 6.31. The monoisotopic (exact) mass is 199 g/mol. The predicted octanol–water partition coefficient (Wildman–Crippen LogP) is 1.95. The largest absolute Gasteiger partial charge is 0.278 e. The van der Waals surface area contributed by atoms with Crippen molar-refractivity contribution in [3.05, 3.63) is 29.7 Å². The summed E-state index contributed by atoms with van der Waals surface area (Å²) in [4.78, 5) is 2.38. The first-order valence-corrected chi connectivity index (χ1v) is 4.14. The second-order valence-electron chi connectivity index (χ2n) is 2.71. The van der Waals surface area contributed by atoms with Crippen molar-refractivity contribution in [2.75, 3.05) is 0 Å². The number of aromatic nitrogens is 2. The summed E-state index contributed by atoms with van der Waals surface area (Å²) < 4.78 is 13.2. The Hall–Kier alpha value is -1.13. The zero-order chi connectivity index (χ0) is 9.26. The van der Waals surface area contributed by atoms with E-state index in [0.717, 1.165) is 5.39 Å². The minimum Gasteiger partial charge on any atom is -0.278 e. The number of aromatic amines is 1. The summed E-state index contributed by atoms with van der Waals surface area (Å²) in [5, 5.41) is 7.36. The predicted molar refractivity (Wildman–Crippen MR) is 48.7 cm³/mol. The molecule has 0 atom stereocenters. The lowest BCUT2D eigenvalue weighted by Gasteiger charge is -2.00. The fraction of sp³-hybridized carbons (Fsp3) is 0.125. The van der Waals surface area contributed by atoms with E-state index in [-0.39, 0.29) is 5.82 Å². The molecule has 1 heterocycles. The summed E-state index contributed by atoms with van der Waals surface area (Å²) in [7, 11) is 0. The molecule has 13 heavy (non-hydrogen) atoms. The lowest BCUT2D eigenvalue weighted by atomic mass is 10.1. The smallest absolute Gasteiger partial charge is 0.129 e. The number of nitrogens with one attached hydrogen (secondary N) is 2. The van der Waals surface area contributed by atoms with Crippen molar-refractivity contribution < 1.29 is 4.39 Å². The molecule has 68 valence electrons. The third-order valence-electron chi connectivity index (χ3n) is 1.86. The zero-order valence-electron chi connectivity index (χ0n) is 6.64. The minimum absolute atomic E-state index is 0.287. The summed E-state index contributed by atoms with van der Waals surface area (Å²) in [6.07, 6.45) is 1.65. The summed E-state index contributed by atoms with van der Waals surface area (Å²) >= 11 is 5.29. The summed E-state index contributed by atoms with van der Waals surface area (Å²) in [5.41, 5.74) is 1.22. The van der Waals surface area contributed by atoms with Gasteiger partial charge in [0.2, 0.25) is 0 Å². The number of nitrogens with zero attached hydrogens (tertiary/aromatic N) is 1. The van der Waals surface area contributed by atoms with Gasteiger partial charge in [-0.25, -0.2) is 9.23 Å². The molecule has 0 amide bonds. The molecule has 2 N–H and O–H groups in total. The van der Waals surface area contributed by atoms with Gasteiger partial charge in [0, 0.05) is 17.5 Å². The third-order valence-corrected chi connectivity index (χ3v) is 2.00. The van der Waals surface area contributed by atoms with Gasteiger partial charge in [0.05, 0.1) is 11.7 Å². The number of hydrogen-bond acceptors (Lipinski definition) is 2. The van der Waals surface area contributed by atoms with Crippen molar-refractivity contribution in [2.45, 2.75) is 6.54 Å². The SMILES string of the molecule is Fc1cc2[nH]ncc2cc1CNCl. The number of hydrogen-bond donors (Lipinski definition) is 2. The maximum absolute atomic E-state index is 13.2. The first-order valence-electron chi connectivity index (χ1n) is 3.76. The molecule has 1 aromatic heterocycles. The highest BCUT2D eigenvalue weighted by molar-refractivity contribution is 6.13. The van der Waals surface area contributed by atoms with Crippen LogP contribution in [0.2, 0.25) is 0 Å². The Morgan fingerprint density at radius 2 is 2.38 bits per heavy atom. The summed E-state index contributed by atoms with van der Waals surface area (Å²) in [5.74, 6) is -0.287. The molecule has 5 heteroatoms. The molecule has 3 nitrogen and oxygen atoms in total. The third kappa shape index (κ3) is 1.50. The van der Waals surface area contributed by atoms with Gasteiger partial charge in [0.1, 0.15) is 5.82 Å². The first kappa shape index (κ1) is 8.47. The van der Waals surface area contributed by atoms with Crippen LogP contribution in [0.5, 0.6) is 0 Å². The molecule has 0 fully saturated rings. The fourth-order valence-corrected chi connectivity index (χ4v) is 1.36. The number of H-pyrrole nitrogens is 1. The normalized spacial score (nSPS) is 10.9. The Morgan fingerprint density at radius 1 is 1.54 bits per heavy atom. The molecule has 0 saturated heterocycles. The van der Waals surface area contributed by atoms with E-state index < -0.39 is 0 Å². The minimum atomic E-state index is -0.287. The summed E-state index contributed by atoms with van der Waals surface area (Å²) in [6.45, 7) is 0.300. The summed E-state index contributed by atoms with van der Waals surface area (Å²) in [6, 6.07) is 3.12. The van der Waals surface area contributed by atoms with Crippen LogP contribution in [0.15, 0.2) is 18.3 Å². The molecule has 0 aliphatic carbocycles. The Kier molecular flexibility index (Phi) is 2.16. The molecular weight excluding hydrogens is 193 g/mol. The van der Waals surface area contributed by atoms with Gasteiger partial charge in [0.15, 0.2) is 0 Å². The molecule has 0 saturated carbocycles. The van der Waals surface area contributed by atoms with Gasteiger partial charge in [-0.05, 0) is 23.9 Å². The van der Waals surface area contributed by atoms with E-state index in [1.807, 2.05) is 0 Å². The van der Waals surface area contributed by atoms with Crippen LogP contribution >= 0.6 is 11.8 Å². The molecule has 0 spiro atoms. The van der Waals surface area contributed by atoms with Crippen molar-refractivity contribution >= 4 is 22.7 Å². The van der Waals surface area contributed by atoms with Gasteiger partial charge in [-0.1, -0.05) is 0 Å². The van der Waals surface area contributed by atoms with Crippen LogP contribution < -0.4 is 4.84 Å². The molecule has 0 aliphatic heterocycles. The highest BCUT2D eigenvalue weighted by Crippen LogP contribution is 2.16. The van der Waals surface area contributed by atoms with E-state index >= 15 is 0 Å². The van der Waals surface area contributed by atoms with E-state index in [0.29, 0.717) is 17.6 Å². The molecule has 0 aliphatic rings. The van der Waals surface area contributed by atoms with Crippen molar-refractivity contribution in [3.63, 3.8) is 0 Å². The highest BCUT2D eigenvalue weighted by Gasteiger charge is 2.04. The highest BCUT2D eigenvalue weighted by atomic mass is 35.5. The molecule has 2 rings (SSSR count). The van der Waals surface area contributed by atoms with Crippen LogP contribution in [0.3, 0.4) is 0 Å².